The number of halogens is 1. The highest BCUT2D eigenvalue weighted by atomic mass is 79.9. The Morgan fingerprint density at radius 2 is 1.96 bits per heavy atom. The van der Waals surface area contributed by atoms with E-state index in [0.29, 0.717) is 19.1 Å². The first-order valence-corrected chi connectivity index (χ1v) is 9.16. The van der Waals surface area contributed by atoms with E-state index in [2.05, 4.69) is 31.5 Å². The third kappa shape index (κ3) is 3.58. The van der Waals surface area contributed by atoms with E-state index in [1.54, 1.807) is 0 Å². The highest BCUT2D eigenvalue weighted by molar-refractivity contribution is 9.10. The SMILES string of the molecule is Cc1nc2ccc(Br)cc2n1C1CCN(C(=O)OC(C)(C)C)CC1. The van der Waals surface area contributed by atoms with Gasteiger partial charge in [-0.1, -0.05) is 15.9 Å². The Labute approximate surface area is 151 Å². The van der Waals surface area contributed by atoms with Crippen LogP contribution < -0.4 is 0 Å². The van der Waals surface area contributed by atoms with Crippen molar-refractivity contribution >= 4 is 33.1 Å². The van der Waals surface area contributed by atoms with Gasteiger partial charge in [-0.05, 0) is 58.7 Å². The molecular weight excluding hydrogens is 370 g/mol. The van der Waals surface area contributed by atoms with Crippen molar-refractivity contribution in [3.8, 4) is 0 Å². The predicted molar refractivity (Wildman–Crippen MR) is 98.2 cm³/mol. The molecule has 0 bridgehead atoms. The number of imidazole rings is 1. The van der Waals surface area contributed by atoms with Crippen LogP contribution in [0.4, 0.5) is 4.79 Å². The van der Waals surface area contributed by atoms with Crippen LogP contribution in [0.3, 0.4) is 0 Å². The average molecular weight is 394 g/mol. The van der Waals surface area contributed by atoms with Gasteiger partial charge in [0.2, 0.25) is 0 Å². The number of aromatic nitrogens is 2. The lowest BCUT2D eigenvalue weighted by Gasteiger charge is -2.34. The summed E-state index contributed by atoms with van der Waals surface area (Å²) in [5.74, 6) is 1.03. The fourth-order valence-electron chi connectivity index (χ4n) is 3.28. The molecule has 1 aliphatic heterocycles. The largest absolute Gasteiger partial charge is 0.444 e. The molecule has 1 aromatic carbocycles. The van der Waals surface area contributed by atoms with Crippen molar-refractivity contribution in [3.63, 3.8) is 0 Å². The van der Waals surface area contributed by atoms with Gasteiger partial charge in [-0.3, -0.25) is 0 Å². The lowest BCUT2D eigenvalue weighted by molar-refractivity contribution is 0.0189. The molecule has 2 aromatic rings. The van der Waals surface area contributed by atoms with Crippen molar-refractivity contribution in [1.82, 2.24) is 14.5 Å². The summed E-state index contributed by atoms with van der Waals surface area (Å²) in [4.78, 5) is 18.7. The van der Waals surface area contributed by atoms with Gasteiger partial charge >= 0.3 is 6.09 Å². The number of fused-ring (bicyclic) bond motifs is 1. The minimum atomic E-state index is -0.447. The molecule has 0 unspecified atom stereocenters. The van der Waals surface area contributed by atoms with Crippen LogP contribution >= 0.6 is 15.9 Å². The van der Waals surface area contributed by atoms with Crippen LogP contribution in [-0.2, 0) is 4.74 Å². The van der Waals surface area contributed by atoms with Gasteiger partial charge in [0.05, 0.1) is 11.0 Å². The molecule has 24 heavy (non-hydrogen) atoms. The summed E-state index contributed by atoms with van der Waals surface area (Å²) in [5.41, 5.74) is 1.72. The van der Waals surface area contributed by atoms with E-state index in [9.17, 15) is 4.79 Å². The summed E-state index contributed by atoms with van der Waals surface area (Å²) >= 11 is 3.55. The van der Waals surface area contributed by atoms with Crippen molar-refractivity contribution in [2.75, 3.05) is 13.1 Å². The molecule has 1 fully saturated rings. The number of benzene rings is 1. The van der Waals surface area contributed by atoms with Crippen LogP contribution in [0.5, 0.6) is 0 Å². The second-order valence-electron chi connectivity index (χ2n) is 7.36. The number of aryl methyl sites for hydroxylation is 1. The highest BCUT2D eigenvalue weighted by Gasteiger charge is 2.28. The Morgan fingerprint density at radius 3 is 2.58 bits per heavy atom. The van der Waals surface area contributed by atoms with Gasteiger partial charge in [0, 0.05) is 23.6 Å². The smallest absolute Gasteiger partial charge is 0.410 e. The Morgan fingerprint density at radius 1 is 1.29 bits per heavy atom. The zero-order chi connectivity index (χ0) is 17.5. The number of amides is 1. The molecule has 6 heteroatoms. The number of carbonyl (C=O) groups excluding carboxylic acids is 1. The lowest BCUT2D eigenvalue weighted by atomic mass is 10.0. The molecule has 0 aliphatic carbocycles. The molecular formula is C18H24BrN3O2. The van der Waals surface area contributed by atoms with Crippen LogP contribution in [0.15, 0.2) is 22.7 Å². The van der Waals surface area contributed by atoms with E-state index < -0.39 is 5.60 Å². The van der Waals surface area contributed by atoms with Crippen LogP contribution in [0.1, 0.15) is 45.5 Å². The summed E-state index contributed by atoms with van der Waals surface area (Å²) < 4.78 is 8.84. The van der Waals surface area contributed by atoms with Crippen LogP contribution in [-0.4, -0.2) is 39.2 Å². The molecule has 130 valence electrons. The van der Waals surface area contributed by atoms with Crippen molar-refractivity contribution in [2.45, 2.75) is 52.2 Å². The van der Waals surface area contributed by atoms with Gasteiger partial charge in [-0.15, -0.1) is 0 Å². The zero-order valence-electron chi connectivity index (χ0n) is 14.7. The Bertz CT molecular complexity index is 755. The second kappa shape index (κ2) is 6.39. The number of hydrogen-bond donors (Lipinski definition) is 0. The number of piperidine rings is 1. The monoisotopic (exact) mass is 393 g/mol. The average Bonchev–Trinajstić information content (AvgIpc) is 2.81. The molecule has 1 amide bonds. The minimum Gasteiger partial charge on any atom is -0.444 e. The summed E-state index contributed by atoms with van der Waals surface area (Å²) in [6, 6.07) is 6.54. The maximum absolute atomic E-state index is 12.2. The Kier molecular flexibility index (Phi) is 4.60. The standard InChI is InChI=1S/C18H24BrN3O2/c1-12-20-15-6-5-13(19)11-16(15)22(12)14-7-9-21(10-8-14)17(23)24-18(2,3)4/h5-6,11,14H,7-10H2,1-4H3. The topological polar surface area (TPSA) is 47.4 Å². The predicted octanol–water partition coefficient (Wildman–Crippen LogP) is 4.68. The molecule has 0 saturated carbocycles. The van der Waals surface area contributed by atoms with Gasteiger partial charge < -0.3 is 14.2 Å². The van der Waals surface area contributed by atoms with E-state index in [1.165, 1.54) is 0 Å². The number of rotatable bonds is 1. The molecule has 0 N–H and O–H groups in total. The molecule has 0 radical (unpaired) electrons. The van der Waals surface area contributed by atoms with Gasteiger partial charge in [0.1, 0.15) is 11.4 Å². The first kappa shape index (κ1) is 17.3. The number of carbonyl (C=O) groups is 1. The molecule has 1 aliphatic rings. The van der Waals surface area contributed by atoms with Crippen LogP contribution in [0.25, 0.3) is 11.0 Å². The number of ether oxygens (including phenoxy) is 1. The van der Waals surface area contributed by atoms with Crippen molar-refractivity contribution in [3.05, 3.63) is 28.5 Å². The van der Waals surface area contributed by atoms with E-state index in [-0.39, 0.29) is 6.09 Å². The van der Waals surface area contributed by atoms with E-state index >= 15 is 0 Å². The van der Waals surface area contributed by atoms with Crippen LogP contribution in [0, 0.1) is 6.92 Å². The molecule has 5 nitrogen and oxygen atoms in total. The fraction of sp³-hybridized carbons (Fsp3) is 0.556. The van der Waals surface area contributed by atoms with Gasteiger partial charge in [-0.25, -0.2) is 9.78 Å². The number of nitrogens with zero attached hydrogens (tertiary/aromatic N) is 3. The molecule has 1 aromatic heterocycles. The van der Waals surface area contributed by atoms with Crippen molar-refractivity contribution in [2.24, 2.45) is 0 Å². The van der Waals surface area contributed by atoms with E-state index in [4.69, 9.17) is 4.74 Å². The van der Waals surface area contributed by atoms with E-state index in [1.807, 2.05) is 44.7 Å². The third-order valence-corrected chi connectivity index (χ3v) is 4.80. The number of hydrogen-bond acceptors (Lipinski definition) is 3. The van der Waals surface area contributed by atoms with Gasteiger partial charge in [0.25, 0.3) is 0 Å². The molecule has 0 atom stereocenters. The van der Waals surface area contributed by atoms with Gasteiger partial charge in [-0.2, -0.15) is 0 Å². The summed E-state index contributed by atoms with van der Waals surface area (Å²) in [5, 5.41) is 0. The maximum Gasteiger partial charge on any atom is 0.410 e. The molecule has 2 heterocycles. The highest BCUT2D eigenvalue weighted by Crippen LogP contribution is 2.30. The summed E-state index contributed by atoms with van der Waals surface area (Å²) in [6.07, 6.45) is 1.62. The molecule has 3 rings (SSSR count). The van der Waals surface area contributed by atoms with Crippen molar-refractivity contribution in [1.29, 1.82) is 0 Å². The lowest BCUT2D eigenvalue weighted by Crippen LogP contribution is -2.42. The quantitative estimate of drug-likeness (QED) is 0.706. The Balaban J connectivity index is 1.75. The fourth-order valence-corrected chi connectivity index (χ4v) is 3.63. The minimum absolute atomic E-state index is 0.212. The number of likely N-dealkylation sites (tertiary alicyclic amines) is 1. The first-order valence-electron chi connectivity index (χ1n) is 8.36. The summed E-state index contributed by atoms with van der Waals surface area (Å²) in [6.45, 7) is 9.18. The van der Waals surface area contributed by atoms with Gasteiger partial charge in [0.15, 0.2) is 0 Å². The van der Waals surface area contributed by atoms with Crippen molar-refractivity contribution < 1.29 is 9.53 Å². The normalized spacial score (nSPS) is 16.6. The first-order chi connectivity index (χ1) is 11.2. The maximum atomic E-state index is 12.2. The second-order valence-corrected chi connectivity index (χ2v) is 8.28. The Hall–Kier alpha value is -1.56. The summed E-state index contributed by atoms with van der Waals surface area (Å²) in [7, 11) is 0. The van der Waals surface area contributed by atoms with Crippen LogP contribution in [0.2, 0.25) is 0 Å². The third-order valence-electron chi connectivity index (χ3n) is 4.31. The molecule has 0 spiro atoms. The zero-order valence-corrected chi connectivity index (χ0v) is 16.3. The van der Waals surface area contributed by atoms with E-state index in [0.717, 1.165) is 34.2 Å². The molecule has 1 saturated heterocycles.